The zero-order valence-electron chi connectivity index (χ0n) is 11.2. The number of ketones is 1. The lowest BCUT2D eigenvalue weighted by atomic mass is 9.93. The van der Waals surface area contributed by atoms with Gasteiger partial charge in [0.15, 0.2) is 5.78 Å². The van der Waals surface area contributed by atoms with Crippen molar-refractivity contribution in [3.63, 3.8) is 0 Å². The summed E-state index contributed by atoms with van der Waals surface area (Å²) in [6.07, 6.45) is 2.17. The summed E-state index contributed by atoms with van der Waals surface area (Å²) in [5, 5.41) is 9.00. The van der Waals surface area contributed by atoms with Crippen LogP contribution in [0.25, 0.3) is 0 Å². The summed E-state index contributed by atoms with van der Waals surface area (Å²) in [7, 11) is 0. The molecule has 2 atom stereocenters. The lowest BCUT2D eigenvalue weighted by Gasteiger charge is -2.25. The second-order valence-electron chi connectivity index (χ2n) is 4.97. The van der Waals surface area contributed by atoms with Crippen molar-refractivity contribution in [2.75, 3.05) is 0 Å². The largest absolute Gasteiger partial charge is 0.489 e. The molecule has 1 aliphatic rings. The van der Waals surface area contributed by atoms with E-state index in [1.165, 1.54) is 0 Å². The van der Waals surface area contributed by atoms with Crippen LogP contribution in [-0.4, -0.2) is 23.0 Å². The maximum Gasteiger partial charge on any atom is 0.310 e. The number of ether oxygens (including phenoxy) is 1. The van der Waals surface area contributed by atoms with Crippen LogP contribution in [0.2, 0.25) is 0 Å². The van der Waals surface area contributed by atoms with Gasteiger partial charge in [0, 0.05) is 6.42 Å². The van der Waals surface area contributed by atoms with Crippen LogP contribution >= 0.6 is 0 Å². The standard InChI is InChI=1S/C15H18O4/c1-3-4-11-8-13(16)12-7-10(9(2)15(17)18)5-6-14(12)19-11/h5-7,9,11H,3-4,8H2,1-2H3,(H,17,18). The van der Waals surface area contributed by atoms with Gasteiger partial charge >= 0.3 is 5.97 Å². The Balaban J connectivity index is 2.29. The van der Waals surface area contributed by atoms with Crippen LogP contribution in [0.1, 0.15) is 54.9 Å². The Morgan fingerprint density at radius 2 is 2.26 bits per heavy atom. The number of carbonyl (C=O) groups excluding carboxylic acids is 1. The lowest BCUT2D eigenvalue weighted by Crippen LogP contribution is -2.27. The van der Waals surface area contributed by atoms with Gasteiger partial charge < -0.3 is 9.84 Å². The Hall–Kier alpha value is -1.84. The molecule has 0 radical (unpaired) electrons. The van der Waals surface area contributed by atoms with Crippen LogP contribution in [0.4, 0.5) is 0 Å². The van der Waals surface area contributed by atoms with Crippen molar-refractivity contribution < 1.29 is 19.4 Å². The Bertz CT molecular complexity index is 507. The minimum absolute atomic E-state index is 0.0409. The van der Waals surface area contributed by atoms with Gasteiger partial charge in [0.25, 0.3) is 0 Å². The summed E-state index contributed by atoms with van der Waals surface area (Å²) < 4.78 is 5.77. The molecule has 1 heterocycles. The van der Waals surface area contributed by atoms with Crippen molar-refractivity contribution in [2.45, 2.75) is 45.1 Å². The third-order valence-electron chi connectivity index (χ3n) is 3.49. The van der Waals surface area contributed by atoms with E-state index in [1.807, 2.05) is 0 Å². The molecule has 0 aromatic heterocycles. The molecule has 1 aromatic rings. The predicted octanol–water partition coefficient (Wildman–Crippen LogP) is 3.01. The highest BCUT2D eigenvalue weighted by Gasteiger charge is 2.27. The van der Waals surface area contributed by atoms with Crippen LogP contribution < -0.4 is 4.74 Å². The van der Waals surface area contributed by atoms with Gasteiger partial charge in [-0.15, -0.1) is 0 Å². The summed E-state index contributed by atoms with van der Waals surface area (Å²) in [5.74, 6) is -0.894. The molecule has 2 rings (SSSR count). The zero-order chi connectivity index (χ0) is 14.0. The first-order valence-corrected chi connectivity index (χ1v) is 6.59. The number of Topliss-reactive ketones (excluding diaryl/α,β-unsaturated/α-hetero) is 1. The van der Waals surface area contributed by atoms with E-state index in [1.54, 1.807) is 25.1 Å². The van der Waals surface area contributed by atoms with E-state index >= 15 is 0 Å². The number of fused-ring (bicyclic) bond motifs is 1. The van der Waals surface area contributed by atoms with E-state index in [0.29, 0.717) is 23.3 Å². The molecule has 19 heavy (non-hydrogen) atoms. The summed E-state index contributed by atoms with van der Waals surface area (Å²) in [6, 6.07) is 5.08. The first-order chi connectivity index (χ1) is 9.02. The number of hydrogen-bond donors (Lipinski definition) is 1. The summed E-state index contributed by atoms with van der Waals surface area (Å²) in [4.78, 5) is 23.1. The van der Waals surface area contributed by atoms with Crippen LogP contribution in [0.5, 0.6) is 5.75 Å². The molecule has 102 valence electrons. The molecule has 4 heteroatoms. The molecule has 0 aliphatic carbocycles. The predicted molar refractivity (Wildman–Crippen MR) is 70.8 cm³/mol. The minimum Gasteiger partial charge on any atom is -0.489 e. The fourth-order valence-electron chi connectivity index (χ4n) is 2.30. The number of carboxylic acid groups (broad SMARTS) is 1. The highest BCUT2D eigenvalue weighted by molar-refractivity contribution is 6.00. The molecule has 4 nitrogen and oxygen atoms in total. The second kappa shape index (κ2) is 5.43. The third kappa shape index (κ3) is 2.78. The van der Waals surface area contributed by atoms with E-state index in [9.17, 15) is 9.59 Å². The number of carbonyl (C=O) groups is 2. The first kappa shape index (κ1) is 13.6. The van der Waals surface area contributed by atoms with Crippen LogP contribution in [0, 0.1) is 0 Å². The van der Waals surface area contributed by atoms with E-state index in [-0.39, 0.29) is 11.9 Å². The van der Waals surface area contributed by atoms with Crippen molar-refractivity contribution >= 4 is 11.8 Å². The average Bonchev–Trinajstić information content (AvgIpc) is 2.38. The van der Waals surface area contributed by atoms with Crippen molar-refractivity contribution in [3.05, 3.63) is 29.3 Å². The van der Waals surface area contributed by atoms with Gasteiger partial charge in [0.05, 0.1) is 11.5 Å². The zero-order valence-corrected chi connectivity index (χ0v) is 11.2. The topological polar surface area (TPSA) is 63.6 Å². The molecule has 1 aliphatic heterocycles. The van der Waals surface area contributed by atoms with Crippen molar-refractivity contribution in [1.29, 1.82) is 0 Å². The van der Waals surface area contributed by atoms with Gasteiger partial charge in [-0.25, -0.2) is 0 Å². The SMILES string of the molecule is CCCC1CC(=O)c2cc(C(C)C(=O)O)ccc2O1. The quantitative estimate of drug-likeness (QED) is 0.906. The Kier molecular flexibility index (Phi) is 3.88. The molecule has 0 spiro atoms. The molecular weight excluding hydrogens is 244 g/mol. The summed E-state index contributed by atoms with van der Waals surface area (Å²) in [6.45, 7) is 3.67. The molecule has 0 saturated heterocycles. The Morgan fingerprint density at radius 3 is 2.89 bits per heavy atom. The maximum atomic E-state index is 12.1. The molecule has 0 bridgehead atoms. The highest BCUT2D eigenvalue weighted by Crippen LogP contribution is 2.31. The third-order valence-corrected chi connectivity index (χ3v) is 3.49. The monoisotopic (exact) mass is 262 g/mol. The van der Waals surface area contributed by atoms with Crippen LogP contribution in [0.3, 0.4) is 0 Å². The molecular formula is C15H18O4. The van der Waals surface area contributed by atoms with Crippen molar-refractivity contribution in [3.8, 4) is 5.75 Å². The molecule has 2 unspecified atom stereocenters. The average molecular weight is 262 g/mol. The van der Waals surface area contributed by atoms with E-state index in [4.69, 9.17) is 9.84 Å². The van der Waals surface area contributed by atoms with E-state index in [2.05, 4.69) is 6.92 Å². The Morgan fingerprint density at radius 1 is 1.53 bits per heavy atom. The van der Waals surface area contributed by atoms with Crippen LogP contribution in [0.15, 0.2) is 18.2 Å². The molecule has 0 fully saturated rings. The number of rotatable bonds is 4. The normalized spacial score (nSPS) is 19.5. The highest BCUT2D eigenvalue weighted by atomic mass is 16.5. The second-order valence-corrected chi connectivity index (χ2v) is 4.97. The van der Waals surface area contributed by atoms with E-state index < -0.39 is 11.9 Å². The van der Waals surface area contributed by atoms with Gasteiger partial charge in [0.2, 0.25) is 0 Å². The summed E-state index contributed by atoms with van der Waals surface area (Å²) in [5.41, 5.74) is 1.15. The van der Waals surface area contributed by atoms with Gasteiger partial charge in [-0.1, -0.05) is 19.4 Å². The first-order valence-electron chi connectivity index (χ1n) is 6.59. The number of benzene rings is 1. The van der Waals surface area contributed by atoms with Crippen molar-refractivity contribution in [1.82, 2.24) is 0 Å². The minimum atomic E-state index is -0.895. The summed E-state index contributed by atoms with van der Waals surface area (Å²) >= 11 is 0. The van der Waals surface area contributed by atoms with Crippen molar-refractivity contribution in [2.24, 2.45) is 0 Å². The fourth-order valence-corrected chi connectivity index (χ4v) is 2.30. The van der Waals surface area contributed by atoms with Gasteiger partial charge in [-0.2, -0.15) is 0 Å². The lowest BCUT2D eigenvalue weighted by molar-refractivity contribution is -0.138. The smallest absolute Gasteiger partial charge is 0.310 e. The fraction of sp³-hybridized carbons (Fsp3) is 0.467. The maximum absolute atomic E-state index is 12.1. The number of hydrogen-bond acceptors (Lipinski definition) is 3. The van der Waals surface area contributed by atoms with Gasteiger partial charge in [0.1, 0.15) is 11.9 Å². The molecule has 0 saturated carbocycles. The molecule has 0 amide bonds. The van der Waals surface area contributed by atoms with E-state index in [0.717, 1.165) is 12.8 Å². The number of aliphatic carboxylic acids is 1. The van der Waals surface area contributed by atoms with Crippen LogP contribution in [-0.2, 0) is 4.79 Å². The van der Waals surface area contributed by atoms with Gasteiger partial charge in [-0.3, -0.25) is 9.59 Å². The van der Waals surface area contributed by atoms with Gasteiger partial charge in [-0.05, 0) is 31.0 Å². The Labute approximate surface area is 112 Å². The molecule has 1 N–H and O–H groups in total. The molecule has 1 aromatic carbocycles. The number of carboxylic acids is 1.